The van der Waals surface area contributed by atoms with Gasteiger partial charge in [0.1, 0.15) is 0 Å². The van der Waals surface area contributed by atoms with E-state index >= 15 is 0 Å². The fourth-order valence-electron chi connectivity index (χ4n) is 3.69. The van der Waals surface area contributed by atoms with Gasteiger partial charge < -0.3 is 15.4 Å². The minimum absolute atomic E-state index is 0.0728. The van der Waals surface area contributed by atoms with Gasteiger partial charge in [0.15, 0.2) is 5.96 Å². The number of rotatable bonds is 6. The van der Waals surface area contributed by atoms with Crippen LogP contribution in [0.1, 0.15) is 38.2 Å². The van der Waals surface area contributed by atoms with E-state index in [0.717, 1.165) is 61.4 Å². The van der Waals surface area contributed by atoms with Gasteiger partial charge in [0.2, 0.25) is 0 Å². The van der Waals surface area contributed by atoms with Gasteiger partial charge in [0, 0.05) is 41.4 Å². The predicted octanol–water partition coefficient (Wildman–Crippen LogP) is 3.95. The molecule has 0 bridgehead atoms. The summed E-state index contributed by atoms with van der Waals surface area (Å²) in [6.07, 6.45) is 4.71. The van der Waals surface area contributed by atoms with Gasteiger partial charge >= 0.3 is 0 Å². The standard InChI is InChI=1S/C20H30BrN3OS/c1-2-22-19(23-14-18-4-3-13-26-18)24-15-20(9-11-25-12-10-20)16-5-7-17(21)8-6-16/h5-8,18H,2-4,9-15H2,1H3,(H2,22,23,24). The van der Waals surface area contributed by atoms with Gasteiger partial charge in [-0.15, -0.1) is 0 Å². The lowest BCUT2D eigenvalue weighted by Crippen LogP contribution is -2.42. The van der Waals surface area contributed by atoms with Crippen molar-refractivity contribution < 1.29 is 4.74 Å². The molecule has 144 valence electrons. The normalized spacial score (nSPS) is 23.0. The molecule has 2 N–H and O–H groups in total. The van der Waals surface area contributed by atoms with Gasteiger partial charge in [0.05, 0.1) is 6.54 Å². The highest BCUT2D eigenvalue weighted by molar-refractivity contribution is 9.10. The zero-order valence-corrected chi connectivity index (χ0v) is 18.0. The molecule has 0 saturated carbocycles. The quantitative estimate of drug-likeness (QED) is 0.520. The average molecular weight is 440 g/mol. The number of halogens is 1. The summed E-state index contributed by atoms with van der Waals surface area (Å²) in [7, 11) is 0. The Hall–Kier alpha value is -0.720. The fourth-order valence-corrected chi connectivity index (χ4v) is 5.16. The van der Waals surface area contributed by atoms with Gasteiger partial charge in [-0.3, -0.25) is 4.99 Å². The number of nitrogens with one attached hydrogen (secondary N) is 2. The molecule has 2 heterocycles. The molecule has 0 aliphatic carbocycles. The van der Waals surface area contributed by atoms with E-state index in [2.05, 4.69) is 69.5 Å². The Morgan fingerprint density at radius 2 is 2.04 bits per heavy atom. The van der Waals surface area contributed by atoms with E-state index in [1.165, 1.54) is 24.2 Å². The maximum atomic E-state index is 5.65. The summed E-state index contributed by atoms with van der Waals surface area (Å²) in [6, 6.07) is 8.74. The molecule has 0 radical (unpaired) electrons. The Morgan fingerprint density at radius 3 is 2.69 bits per heavy atom. The first-order valence-electron chi connectivity index (χ1n) is 9.69. The van der Waals surface area contributed by atoms with E-state index in [0.29, 0.717) is 0 Å². The summed E-state index contributed by atoms with van der Waals surface area (Å²) in [5.74, 6) is 2.25. The van der Waals surface area contributed by atoms with Crippen molar-refractivity contribution in [2.75, 3.05) is 38.6 Å². The molecule has 26 heavy (non-hydrogen) atoms. The second-order valence-electron chi connectivity index (χ2n) is 7.11. The third kappa shape index (κ3) is 5.40. The lowest BCUT2D eigenvalue weighted by Gasteiger charge is -2.36. The average Bonchev–Trinajstić information content (AvgIpc) is 3.19. The van der Waals surface area contributed by atoms with Crippen molar-refractivity contribution >= 4 is 33.7 Å². The Balaban J connectivity index is 1.70. The molecule has 2 saturated heterocycles. The number of nitrogens with zero attached hydrogens (tertiary/aromatic N) is 1. The summed E-state index contributed by atoms with van der Waals surface area (Å²) in [5.41, 5.74) is 1.44. The number of benzene rings is 1. The number of aliphatic imine (C=N–C) groups is 1. The van der Waals surface area contributed by atoms with E-state index in [4.69, 9.17) is 9.73 Å². The summed E-state index contributed by atoms with van der Waals surface area (Å²) in [5, 5.41) is 7.70. The minimum atomic E-state index is 0.0728. The SMILES string of the molecule is CCNC(=NCC1(c2ccc(Br)cc2)CCOCC1)NCC1CCCS1. The van der Waals surface area contributed by atoms with Crippen molar-refractivity contribution in [3.8, 4) is 0 Å². The number of hydrogen-bond acceptors (Lipinski definition) is 3. The fraction of sp³-hybridized carbons (Fsp3) is 0.650. The topological polar surface area (TPSA) is 45.7 Å². The van der Waals surface area contributed by atoms with Crippen LogP contribution < -0.4 is 10.6 Å². The number of ether oxygens (including phenoxy) is 1. The molecule has 1 atom stereocenters. The van der Waals surface area contributed by atoms with Crippen molar-refractivity contribution in [3.63, 3.8) is 0 Å². The highest BCUT2D eigenvalue weighted by Gasteiger charge is 2.34. The maximum absolute atomic E-state index is 5.65. The predicted molar refractivity (Wildman–Crippen MR) is 115 cm³/mol. The molecular weight excluding hydrogens is 410 g/mol. The molecule has 1 aromatic rings. The molecular formula is C20H30BrN3OS. The van der Waals surface area contributed by atoms with Crippen LogP contribution in [0.5, 0.6) is 0 Å². The molecule has 0 aromatic heterocycles. The van der Waals surface area contributed by atoms with Crippen LogP contribution in [0.15, 0.2) is 33.7 Å². The molecule has 3 rings (SSSR count). The molecule has 1 aromatic carbocycles. The molecule has 0 amide bonds. The van der Waals surface area contributed by atoms with Crippen LogP contribution in [0.3, 0.4) is 0 Å². The Labute approximate surface area is 170 Å². The van der Waals surface area contributed by atoms with Crippen molar-refractivity contribution in [3.05, 3.63) is 34.3 Å². The number of hydrogen-bond donors (Lipinski definition) is 2. The largest absolute Gasteiger partial charge is 0.381 e. The Morgan fingerprint density at radius 1 is 1.27 bits per heavy atom. The molecule has 1 unspecified atom stereocenters. The van der Waals surface area contributed by atoms with Crippen molar-refractivity contribution in [1.82, 2.24) is 10.6 Å². The van der Waals surface area contributed by atoms with Crippen LogP contribution >= 0.6 is 27.7 Å². The van der Waals surface area contributed by atoms with Crippen LogP contribution in [0.2, 0.25) is 0 Å². The zero-order chi connectivity index (χ0) is 18.2. The summed E-state index contributed by atoms with van der Waals surface area (Å²) in [4.78, 5) is 4.99. The zero-order valence-electron chi connectivity index (χ0n) is 15.6. The van der Waals surface area contributed by atoms with Crippen molar-refractivity contribution in [1.29, 1.82) is 0 Å². The third-order valence-electron chi connectivity index (χ3n) is 5.31. The lowest BCUT2D eigenvalue weighted by atomic mass is 9.74. The lowest BCUT2D eigenvalue weighted by molar-refractivity contribution is 0.0531. The molecule has 2 fully saturated rings. The van der Waals surface area contributed by atoms with Crippen LogP contribution in [-0.2, 0) is 10.2 Å². The van der Waals surface area contributed by atoms with Crippen molar-refractivity contribution in [2.24, 2.45) is 4.99 Å². The Bertz CT molecular complexity index is 581. The smallest absolute Gasteiger partial charge is 0.191 e. The van der Waals surface area contributed by atoms with Crippen LogP contribution in [0.25, 0.3) is 0 Å². The highest BCUT2D eigenvalue weighted by Crippen LogP contribution is 2.35. The Kier molecular flexibility index (Phi) is 7.70. The first-order chi connectivity index (χ1) is 12.7. The maximum Gasteiger partial charge on any atom is 0.191 e. The monoisotopic (exact) mass is 439 g/mol. The summed E-state index contributed by atoms with van der Waals surface area (Å²) in [6.45, 7) is 6.44. The van der Waals surface area contributed by atoms with Crippen LogP contribution in [-0.4, -0.2) is 49.8 Å². The second kappa shape index (κ2) is 10.00. The summed E-state index contributed by atoms with van der Waals surface area (Å²) < 4.78 is 6.77. The molecule has 0 spiro atoms. The highest BCUT2D eigenvalue weighted by atomic mass is 79.9. The van der Waals surface area contributed by atoms with Crippen LogP contribution in [0, 0.1) is 0 Å². The van der Waals surface area contributed by atoms with Crippen LogP contribution in [0.4, 0.5) is 0 Å². The van der Waals surface area contributed by atoms with E-state index < -0.39 is 0 Å². The van der Waals surface area contributed by atoms with E-state index in [9.17, 15) is 0 Å². The van der Waals surface area contributed by atoms with Gasteiger partial charge in [-0.05, 0) is 56.1 Å². The first-order valence-corrected chi connectivity index (χ1v) is 11.5. The molecule has 4 nitrogen and oxygen atoms in total. The van der Waals surface area contributed by atoms with E-state index in [-0.39, 0.29) is 5.41 Å². The van der Waals surface area contributed by atoms with Gasteiger partial charge in [-0.25, -0.2) is 0 Å². The van der Waals surface area contributed by atoms with Gasteiger partial charge in [-0.2, -0.15) is 11.8 Å². The van der Waals surface area contributed by atoms with Crippen molar-refractivity contribution in [2.45, 2.75) is 43.3 Å². The second-order valence-corrected chi connectivity index (χ2v) is 9.43. The number of thioether (sulfide) groups is 1. The number of guanidine groups is 1. The molecule has 2 aliphatic heterocycles. The minimum Gasteiger partial charge on any atom is -0.381 e. The van der Waals surface area contributed by atoms with E-state index in [1.807, 2.05) is 0 Å². The summed E-state index contributed by atoms with van der Waals surface area (Å²) >= 11 is 5.63. The van der Waals surface area contributed by atoms with Gasteiger partial charge in [0.25, 0.3) is 0 Å². The first kappa shape index (κ1) is 20.0. The van der Waals surface area contributed by atoms with E-state index in [1.54, 1.807) is 0 Å². The van der Waals surface area contributed by atoms with Gasteiger partial charge in [-0.1, -0.05) is 28.1 Å². The molecule has 6 heteroatoms. The third-order valence-corrected chi connectivity index (χ3v) is 7.24. The molecule has 2 aliphatic rings.